The largest absolute Gasteiger partial charge is 0.485 e. The highest BCUT2D eigenvalue weighted by Crippen LogP contribution is 2.36. The van der Waals surface area contributed by atoms with Crippen molar-refractivity contribution >= 4 is 33.3 Å². The monoisotopic (exact) mass is 580 g/mol. The molecular weight excluding hydrogens is 544 g/mol. The number of anilines is 2. The van der Waals surface area contributed by atoms with E-state index in [1.54, 1.807) is 55.3 Å². The number of hydrogen-bond acceptors (Lipinski definition) is 6. The van der Waals surface area contributed by atoms with E-state index >= 15 is 0 Å². The number of para-hydroxylation sites is 2. The number of nitrogens with zero attached hydrogens (tertiary/aromatic N) is 2. The van der Waals surface area contributed by atoms with Crippen LogP contribution in [0.4, 0.5) is 16.2 Å². The minimum Gasteiger partial charge on any atom is -0.485 e. The van der Waals surface area contributed by atoms with Gasteiger partial charge < -0.3 is 25.0 Å². The molecule has 0 saturated carbocycles. The Hall–Kier alpha value is -4.09. The number of aryl methyl sites for hydroxylation is 1. The SMILES string of the molecule is Cc1ccc(S(=O)(=O)Nc2cccc3c2O[C@@H](CN(C)C(=O)Nc2ccccc2)[C@H](C)CN([C@@H](C)CO)C3=O)cc1. The second-order valence-electron chi connectivity index (χ2n) is 10.4. The van der Waals surface area contributed by atoms with Gasteiger partial charge in [0.1, 0.15) is 6.10 Å². The molecule has 3 aromatic rings. The lowest BCUT2D eigenvalue weighted by Crippen LogP contribution is -2.50. The average Bonchev–Trinajstić information content (AvgIpc) is 2.95. The number of aliphatic hydroxyl groups is 1. The molecule has 1 aliphatic rings. The molecule has 0 aliphatic carbocycles. The molecular formula is C30H36N4O6S. The number of carbonyl (C=O) groups is 2. The standard InChI is InChI=1S/C30H36N4O6S/c1-20-13-15-24(16-14-20)41(38,39)32-26-12-8-11-25-28(26)40-27(21(2)17-34(29(25)36)22(3)19-35)18-33(4)30(37)31-23-9-6-5-7-10-23/h5-16,21-22,27,32,35H,17-19H2,1-4H3,(H,31,37)/t21-,22+,27+/m1/s1. The van der Waals surface area contributed by atoms with Gasteiger partial charge in [0.15, 0.2) is 5.75 Å². The van der Waals surface area contributed by atoms with Gasteiger partial charge in [-0.25, -0.2) is 13.2 Å². The molecule has 0 bridgehead atoms. The first kappa shape index (κ1) is 29.9. The number of hydrogen-bond donors (Lipinski definition) is 3. The van der Waals surface area contributed by atoms with Gasteiger partial charge >= 0.3 is 6.03 Å². The highest BCUT2D eigenvalue weighted by atomic mass is 32.2. The predicted molar refractivity (Wildman–Crippen MR) is 158 cm³/mol. The van der Waals surface area contributed by atoms with Gasteiger partial charge in [0, 0.05) is 25.2 Å². The Morgan fingerprint density at radius 3 is 2.44 bits per heavy atom. The van der Waals surface area contributed by atoms with Gasteiger partial charge in [-0.3, -0.25) is 9.52 Å². The van der Waals surface area contributed by atoms with Gasteiger partial charge in [-0.05, 0) is 50.2 Å². The number of fused-ring (bicyclic) bond motifs is 1. The molecule has 0 unspecified atom stereocenters. The van der Waals surface area contributed by atoms with Crippen molar-refractivity contribution in [3.63, 3.8) is 0 Å². The molecule has 1 aliphatic heterocycles. The number of urea groups is 1. The zero-order chi connectivity index (χ0) is 29.7. The molecule has 4 rings (SSSR count). The smallest absolute Gasteiger partial charge is 0.321 e. The van der Waals surface area contributed by atoms with E-state index in [0.717, 1.165) is 5.56 Å². The van der Waals surface area contributed by atoms with Crippen molar-refractivity contribution in [1.29, 1.82) is 0 Å². The predicted octanol–water partition coefficient (Wildman–Crippen LogP) is 4.18. The third-order valence-electron chi connectivity index (χ3n) is 7.09. The van der Waals surface area contributed by atoms with E-state index in [9.17, 15) is 23.1 Å². The zero-order valence-corrected chi connectivity index (χ0v) is 24.4. The maximum Gasteiger partial charge on any atom is 0.321 e. The van der Waals surface area contributed by atoms with Crippen molar-refractivity contribution in [2.45, 2.75) is 37.8 Å². The van der Waals surface area contributed by atoms with Gasteiger partial charge in [0.25, 0.3) is 15.9 Å². The third-order valence-corrected chi connectivity index (χ3v) is 8.47. The van der Waals surface area contributed by atoms with Crippen LogP contribution in [-0.4, -0.2) is 74.2 Å². The summed E-state index contributed by atoms with van der Waals surface area (Å²) in [5.41, 5.74) is 1.81. The summed E-state index contributed by atoms with van der Waals surface area (Å²) in [5.74, 6) is -0.606. The van der Waals surface area contributed by atoms with Gasteiger partial charge in [-0.15, -0.1) is 0 Å². The van der Waals surface area contributed by atoms with Crippen LogP contribution in [0.1, 0.15) is 29.8 Å². The number of nitrogens with one attached hydrogen (secondary N) is 2. The van der Waals surface area contributed by atoms with E-state index in [1.807, 2.05) is 32.0 Å². The Labute approximate surface area is 241 Å². The summed E-state index contributed by atoms with van der Waals surface area (Å²) in [7, 11) is -2.37. The summed E-state index contributed by atoms with van der Waals surface area (Å²) in [5, 5.41) is 12.7. The summed E-state index contributed by atoms with van der Waals surface area (Å²) < 4.78 is 35.6. The van der Waals surface area contributed by atoms with Crippen molar-refractivity contribution in [2.75, 3.05) is 36.8 Å². The Balaban J connectivity index is 1.69. The van der Waals surface area contributed by atoms with Crippen LogP contribution in [0, 0.1) is 12.8 Å². The van der Waals surface area contributed by atoms with Crippen molar-refractivity contribution in [3.8, 4) is 5.75 Å². The molecule has 3 atom stereocenters. The molecule has 3 aromatic carbocycles. The highest BCUT2D eigenvalue weighted by Gasteiger charge is 2.35. The van der Waals surface area contributed by atoms with Crippen molar-refractivity contribution in [3.05, 3.63) is 83.9 Å². The van der Waals surface area contributed by atoms with Gasteiger partial charge in [-0.1, -0.05) is 48.9 Å². The Morgan fingerprint density at radius 2 is 1.78 bits per heavy atom. The van der Waals surface area contributed by atoms with Crippen molar-refractivity contribution in [2.24, 2.45) is 5.92 Å². The molecule has 3 amide bonds. The van der Waals surface area contributed by atoms with Gasteiger partial charge in [0.2, 0.25) is 0 Å². The normalized spacial score (nSPS) is 17.9. The van der Waals surface area contributed by atoms with Crippen LogP contribution in [0.25, 0.3) is 0 Å². The number of amides is 3. The van der Waals surface area contributed by atoms with E-state index in [-0.39, 0.29) is 53.5 Å². The number of ether oxygens (including phenoxy) is 1. The lowest BCUT2D eigenvalue weighted by Gasteiger charge is -2.38. The first-order valence-corrected chi connectivity index (χ1v) is 14.9. The van der Waals surface area contributed by atoms with Crippen LogP contribution in [0.15, 0.2) is 77.7 Å². The van der Waals surface area contributed by atoms with E-state index in [0.29, 0.717) is 5.69 Å². The first-order valence-electron chi connectivity index (χ1n) is 13.4. The molecule has 41 heavy (non-hydrogen) atoms. The van der Waals surface area contributed by atoms with Gasteiger partial charge in [0.05, 0.1) is 35.3 Å². The lowest BCUT2D eigenvalue weighted by atomic mass is 9.99. The summed E-state index contributed by atoms with van der Waals surface area (Å²) in [4.78, 5) is 29.8. The van der Waals surface area contributed by atoms with E-state index < -0.39 is 28.1 Å². The Bertz CT molecular complexity index is 1480. The van der Waals surface area contributed by atoms with Crippen LogP contribution in [0.5, 0.6) is 5.75 Å². The topological polar surface area (TPSA) is 128 Å². The number of benzene rings is 3. The maximum atomic E-state index is 13.7. The fraction of sp³-hybridized carbons (Fsp3) is 0.333. The van der Waals surface area contributed by atoms with E-state index in [1.165, 1.54) is 23.1 Å². The van der Waals surface area contributed by atoms with Crippen LogP contribution in [0.2, 0.25) is 0 Å². The van der Waals surface area contributed by atoms with Crippen LogP contribution in [0.3, 0.4) is 0 Å². The molecule has 11 heteroatoms. The van der Waals surface area contributed by atoms with E-state index in [4.69, 9.17) is 4.74 Å². The van der Waals surface area contributed by atoms with Crippen molar-refractivity contribution in [1.82, 2.24) is 9.80 Å². The van der Waals surface area contributed by atoms with Crippen LogP contribution >= 0.6 is 0 Å². The Morgan fingerprint density at radius 1 is 1.10 bits per heavy atom. The molecule has 3 N–H and O–H groups in total. The summed E-state index contributed by atoms with van der Waals surface area (Å²) >= 11 is 0. The Kier molecular flexibility index (Phi) is 9.19. The second kappa shape index (κ2) is 12.6. The molecule has 218 valence electrons. The maximum absolute atomic E-state index is 13.7. The summed E-state index contributed by atoms with van der Waals surface area (Å²) in [6.45, 7) is 5.65. The molecule has 0 fully saturated rings. The first-order chi connectivity index (χ1) is 19.5. The fourth-order valence-electron chi connectivity index (χ4n) is 4.56. The third kappa shape index (κ3) is 6.98. The summed E-state index contributed by atoms with van der Waals surface area (Å²) in [6.07, 6.45) is -0.619. The molecule has 0 aromatic heterocycles. The highest BCUT2D eigenvalue weighted by molar-refractivity contribution is 7.92. The van der Waals surface area contributed by atoms with Crippen LogP contribution < -0.4 is 14.8 Å². The molecule has 1 heterocycles. The molecule has 0 radical (unpaired) electrons. The second-order valence-corrected chi connectivity index (χ2v) is 12.1. The minimum atomic E-state index is -4.01. The van der Waals surface area contributed by atoms with Crippen molar-refractivity contribution < 1.29 is 27.9 Å². The number of aliphatic hydroxyl groups excluding tert-OH is 1. The minimum absolute atomic E-state index is 0.0654. The summed E-state index contributed by atoms with van der Waals surface area (Å²) in [6, 6.07) is 19.3. The number of sulfonamides is 1. The molecule has 10 nitrogen and oxygen atoms in total. The van der Waals surface area contributed by atoms with Gasteiger partial charge in [-0.2, -0.15) is 0 Å². The molecule has 0 saturated heterocycles. The zero-order valence-electron chi connectivity index (χ0n) is 23.6. The molecule has 0 spiro atoms. The lowest BCUT2D eigenvalue weighted by molar-refractivity contribution is 0.0373. The number of rotatable bonds is 8. The fourth-order valence-corrected chi connectivity index (χ4v) is 5.62. The quantitative estimate of drug-likeness (QED) is 0.367. The number of likely N-dealkylation sites (N-methyl/N-ethyl adjacent to an activating group) is 1. The number of carbonyl (C=O) groups excluding carboxylic acids is 2. The average molecular weight is 581 g/mol. The van der Waals surface area contributed by atoms with E-state index in [2.05, 4.69) is 10.0 Å². The van der Waals surface area contributed by atoms with Crippen LogP contribution in [-0.2, 0) is 10.0 Å².